The van der Waals surface area contributed by atoms with Crippen molar-refractivity contribution in [3.63, 3.8) is 0 Å². The first-order chi connectivity index (χ1) is 9.22. The van der Waals surface area contributed by atoms with Crippen LogP contribution in [0.25, 0.3) is 0 Å². The fraction of sp³-hybridized carbons (Fsp3) is 0.533. The zero-order valence-electron chi connectivity index (χ0n) is 11.6. The lowest BCUT2D eigenvalue weighted by Gasteiger charge is -2.19. The van der Waals surface area contributed by atoms with Crippen molar-refractivity contribution in [2.45, 2.75) is 25.5 Å². The second kappa shape index (κ2) is 6.68. The van der Waals surface area contributed by atoms with Crippen molar-refractivity contribution in [2.75, 3.05) is 20.2 Å². The molecule has 104 valence electrons. The maximum Gasteiger partial charge on any atom is 0.224 e. The van der Waals surface area contributed by atoms with Gasteiger partial charge in [-0.1, -0.05) is 30.3 Å². The predicted octanol–water partition coefficient (Wildman–Crippen LogP) is 1.49. The third-order valence-corrected chi connectivity index (χ3v) is 3.78. The first-order valence-corrected chi connectivity index (χ1v) is 6.81. The number of carbonyl (C=O) groups is 1. The van der Waals surface area contributed by atoms with Crippen LogP contribution in [0.1, 0.15) is 25.0 Å². The Morgan fingerprint density at radius 1 is 1.47 bits per heavy atom. The van der Waals surface area contributed by atoms with Crippen LogP contribution in [0.4, 0.5) is 0 Å². The van der Waals surface area contributed by atoms with Gasteiger partial charge in [-0.2, -0.15) is 0 Å². The molecule has 0 aliphatic carbocycles. The van der Waals surface area contributed by atoms with E-state index in [4.69, 9.17) is 4.74 Å². The number of rotatable bonds is 5. The average Bonchev–Trinajstić information content (AvgIpc) is 2.87. The molecule has 3 atom stereocenters. The van der Waals surface area contributed by atoms with Gasteiger partial charge in [-0.15, -0.1) is 0 Å². The van der Waals surface area contributed by atoms with E-state index in [9.17, 15) is 4.79 Å². The Morgan fingerprint density at radius 2 is 2.21 bits per heavy atom. The summed E-state index contributed by atoms with van der Waals surface area (Å²) in [5, 5.41) is 6.29. The van der Waals surface area contributed by atoms with Crippen LogP contribution in [-0.2, 0) is 9.53 Å². The minimum atomic E-state index is -0.0881. The quantitative estimate of drug-likeness (QED) is 0.845. The molecule has 0 aromatic heterocycles. The van der Waals surface area contributed by atoms with Crippen LogP contribution in [0, 0.1) is 5.92 Å². The molecule has 2 rings (SSSR count). The van der Waals surface area contributed by atoms with Crippen LogP contribution >= 0.6 is 0 Å². The molecule has 1 fully saturated rings. The standard InChI is InChI=1S/C15H22N2O2/c1-11-13(8-9-16-11)15(18)17-10-14(19-2)12-6-4-3-5-7-12/h3-7,11,13-14,16H,8-10H2,1-2H3,(H,17,18). The second-order valence-corrected chi connectivity index (χ2v) is 5.02. The summed E-state index contributed by atoms with van der Waals surface area (Å²) in [6, 6.07) is 10.2. The van der Waals surface area contributed by atoms with Gasteiger partial charge in [0.05, 0.1) is 12.0 Å². The van der Waals surface area contributed by atoms with Crippen molar-refractivity contribution in [3.05, 3.63) is 35.9 Å². The van der Waals surface area contributed by atoms with E-state index < -0.39 is 0 Å². The highest BCUT2D eigenvalue weighted by molar-refractivity contribution is 5.79. The van der Waals surface area contributed by atoms with Crippen LogP contribution in [0.2, 0.25) is 0 Å². The molecule has 1 aliphatic rings. The average molecular weight is 262 g/mol. The van der Waals surface area contributed by atoms with Gasteiger partial charge in [-0.3, -0.25) is 4.79 Å². The van der Waals surface area contributed by atoms with E-state index in [2.05, 4.69) is 17.6 Å². The number of hydrogen-bond donors (Lipinski definition) is 2. The smallest absolute Gasteiger partial charge is 0.224 e. The lowest BCUT2D eigenvalue weighted by Crippen LogP contribution is -2.38. The Labute approximate surface area is 114 Å². The molecule has 1 aliphatic heterocycles. The van der Waals surface area contributed by atoms with Crippen molar-refractivity contribution in [1.82, 2.24) is 10.6 Å². The Balaban J connectivity index is 1.88. The topological polar surface area (TPSA) is 50.4 Å². The first kappa shape index (κ1) is 14.0. The summed E-state index contributed by atoms with van der Waals surface area (Å²) >= 11 is 0. The molecule has 0 spiro atoms. The van der Waals surface area contributed by atoms with Gasteiger partial charge in [0.1, 0.15) is 0 Å². The summed E-state index contributed by atoms with van der Waals surface area (Å²) in [5.74, 6) is 0.198. The Hall–Kier alpha value is -1.39. The highest BCUT2D eigenvalue weighted by Gasteiger charge is 2.29. The van der Waals surface area contributed by atoms with Crippen LogP contribution in [-0.4, -0.2) is 32.1 Å². The number of amides is 1. The molecule has 3 unspecified atom stereocenters. The normalized spacial score (nSPS) is 24.1. The Morgan fingerprint density at radius 3 is 2.79 bits per heavy atom. The lowest BCUT2D eigenvalue weighted by molar-refractivity contribution is -0.125. The largest absolute Gasteiger partial charge is 0.375 e. The molecule has 0 radical (unpaired) electrons. The van der Waals surface area contributed by atoms with Crippen molar-refractivity contribution in [3.8, 4) is 0 Å². The molecule has 2 N–H and O–H groups in total. The number of nitrogens with one attached hydrogen (secondary N) is 2. The number of hydrogen-bond acceptors (Lipinski definition) is 3. The first-order valence-electron chi connectivity index (χ1n) is 6.81. The third kappa shape index (κ3) is 3.55. The van der Waals surface area contributed by atoms with E-state index in [0.717, 1.165) is 18.5 Å². The van der Waals surface area contributed by atoms with Gasteiger partial charge < -0.3 is 15.4 Å². The monoisotopic (exact) mass is 262 g/mol. The molecule has 1 saturated heterocycles. The molecule has 4 heteroatoms. The minimum absolute atomic E-state index is 0.0771. The van der Waals surface area contributed by atoms with Crippen molar-refractivity contribution >= 4 is 5.91 Å². The van der Waals surface area contributed by atoms with Gasteiger partial charge >= 0.3 is 0 Å². The summed E-state index contributed by atoms with van der Waals surface area (Å²) in [5.41, 5.74) is 1.09. The predicted molar refractivity (Wildman–Crippen MR) is 74.8 cm³/mol. The van der Waals surface area contributed by atoms with E-state index in [1.165, 1.54) is 0 Å². The van der Waals surface area contributed by atoms with E-state index in [-0.39, 0.29) is 24.0 Å². The van der Waals surface area contributed by atoms with Gasteiger partial charge in [-0.25, -0.2) is 0 Å². The van der Waals surface area contributed by atoms with Gasteiger partial charge in [0.15, 0.2) is 0 Å². The van der Waals surface area contributed by atoms with Gasteiger partial charge in [0.25, 0.3) is 0 Å². The van der Waals surface area contributed by atoms with Crippen molar-refractivity contribution in [2.24, 2.45) is 5.92 Å². The molecule has 1 heterocycles. The summed E-state index contributed by atoms with van der Waals surface area (Å²) in [6.07, 6.45) is 0.825. The van der Waals surface area contributed by atoms with Crippen LogP contribution in [0.15, 0.2) is 30.3 Å². The van der Waals surface area contributed by atoms with Gasteiger partial charge in [0, 0.05) is 19.7 Å². The van der Waals surface area contributed by atoms with E-state index in [1.54, 1.807) is 7.11 Å². The van der Waals surface area contributed by atoms with Crippen LogP contribution in [0.5, 0.6) is 0 Å². The summed E-state index contributed by atoms with van der Waals surface area (Å²) < 4.78 is 5.45. The number of ether oxygens (including phenoxy) is 1. The lowest BCUT2D eigenvalue weighted by atomic mass is 10.0. The Bertz CT molecular complexity index is 408. The maximum absolute atomic E-state index is 12.1. The molecule has 4 nitrogen and oxygen atoms in total. The molecule has 1 aromatic rings. The molecule has 1 amide bonds. The fourth-order valence-corrected chi connectivity index (χ4v) is 2.55. The van der Waals surface area contributed by atoms with E-state index >= 15 is 0 Å². The van der Waals surface area contributed by atoms with Gasteiger partial charge in [0.2, 0.25) is 5.91 Å². The highest BCUT2D eigenvalue weighted by atomic mass is 16.5. The SMILES string of the molecule is COC(CNC(=O)C1CCNC1C)c1ccccc1. The third-order valence-electron chi connectivity index (χ3n) is 3.78. The maximum atomic E-state index is 12.1. The zero-order valence-corrected chi connectivity index (χ0v) is 11.6. The number of methoxy groups -OCH3 is 1. The molecule has 0 saturated carbocycles. The molecule has 1 aromatic carbocycles. The highest BCUT2D eigenvalue weighted by Crippen LogP contribution is 2.17. The molecular formula is C15H22N2O2. The molecule has 0 bridgehead atoms. The van der Waals surface area contributed by atoms with Crippen LogP contribution in [0.3, 0.4) is 0 Å². The molecule has 19 heavy (non-hydrogen) atoms. The number of benzene rings is 1. The van der Waals surface area contributed by atoms with Gasteiger partial charge in [-0.05, 0) is 25.5 Å². The van der Waals surface area contributed by atoms with Crippen molar-refractivity contribution in [1.29, 1.82) is 0 Å². The Kier molecular flexibility index (Phi) is 4.93. The van der Waals surface area contributed by atoms with E-state index in [0.29, 0.717) is 6.54 Å². The van der Waals surface area contributed by atoms with E-state index in [1.807, 2.05) is 30.3 Å². The second-order valence-electron chi connectivity index (χ2n) is 5.02. The molecular weight excluding hydrogens is 240 g/mol. The summed E-state index contributed by atoms with van der Waals surface area (Å²) in [4.78, 5) is 12.1. The minimum Gasteiger partial charge on any atom is -0.375 e. The number of carbonyl (C=O) groups excluding carboxylic acids is 1. The van der Waals surface area contributed by atoms with Crippen molar-refractivity contribution < 1.29 is 9.53 Å². The fourth-order valence-electron chi connectivity index (χ4n) is 2.55. The van der Waals surface area contributed by atoms with Crippen LogP contribution < -0.4 is 10.6 Å². The summed E-state index contributed by atoms with van der Waals surface area (Å²) in [6.45, 7) is 3.50. The zero-order chi connectivity index (χ0) is 13.7. The summed E-state index contributed by atoms with van der Waals surface area (Å²) in [7, 11) is 1.67.